The summed E-state index contributed by atoms with van der Waals surface area (Å²) in [6.07, 6.45) is 0. The third-order valence-electron chi connectivity index (χ3n) is 3.23. The first kappa shape index (κ1) is 16.3. The molecule has 6 nitrogen and oxygen atoms in total. The predicted molar refractivity (Wildman–Crippen MR) is 88.5 cm³/mol. The Morgan fingerprint density at radius 3 is 2.58 bits per heavy atom. The van der Waals surface area contributed by atoms with E-state index in [0.29, 0.717) is 22.3 Å². The van der Waals surface area contributed by atoms with Crippen LogP contribution in [0.2, 0.25) is 0 Å². The molecule has 1 aromatic carbocycles. The van der Waals surface area contributed by atoms with Crippen molar-refractivity contribution in [2.75, 3.05) is 5.32 Å². The van der Waals surface area contributed by atoms with Gasteiger partial charge in [-0.1, -0.05) is 25.9 Å². The van der Waals surface area contributed by atoms with Gasteiger partial charge in [-0.2, -0.15) is 9.36 Å². The monoisotopic (exact) mass is 346 g/mol. The van der Waals surface area contributed by atoms with Crippen molar-refractivity contribution >= 4 is 22.6 Å². The Morgan fingerprint density at radius 2 is 1.96 bits per heavy atom. The average molecular weight is 346 g/mol. The molecule has 1 N–H and O–H groups in total. The van der Waals surface area contributed by atoms with Gasteiger partial charge in [-0.05, 0) is 24.3 Å². The number of benzene rings is 1. The first-order valence-electron chi connectivity index (χ1n) is 7.21. The fraction of sp³-hybridized carbons (Fsp3) is 0.250. The highest BCUT2D eigenvalue weighted by molar-refractivity contribution is 7.10. The molecule has 3 aromatic rings. The van der Waals surface area contributed by atoms with Gasteiger partial charge in [0.2, 0.25) is 5.13 Å². The SMILES string of the molecule is CC(C)(C)c1cc(C(=O)Nc2nc(-c3ccc(F)cc3)ns2)no1. The van der Waals surface area contributed by atoms with E-state index in [1.54, 1.807) is 18.2 Å². The van der Waals surface area contributed by atoms with Gasteiger partial charge >= 0.3 is 0 Å². The molecule has 0 atom stereocenters. The lowest BCUT2D eigenvalue weighted by atomic mass is 9.93. The number of nitrogens with one attached hydrogen (secondary N) is 1. The minimum absolute atomic E-state index is 0.179. The van der Waals surface area contributed by atoms with Crippen LogP contribution in [-0.2, 0) is 5.41 Å². The number of hydrogen-bond donors (Lipinski definition) is 1. The second-order valence-electron chi connectivity index (χ2n) is 6.21. The first-order valence-corrected chi connectivity index (χ1v) is 7.98. The van der Waals surface area contributed by atoms with Gasteiger partial charge in [0.1, 0.15) is 11.6 Å². The molecule has 0 spiro atoms. The molecule has 1 amide bonds. The fourth-order valence-corrected chi connectivity index (χ4v) is 2.47. The average Bonchev–Trinajstić information content (AvgIpc) is 3.16. The van der Waals surface area contributed by atoms with E-state index < -0.39 is 5.91 Å². The van der Waals surface area contributed by atoms with Crippen LogP contribution >= 0.6 is 11.5 Å². The molecule has 0 saturated heterocycles. The van der Waals surface area contributed by atoms with E-state index >= 15 is 0 Å². The van der Waals surface area contributed by atoms with E-state index in [2.05, 4.69) is 19.8 Å². The van der Waals surface area contributed by atoms with Crippen molar-refractivity contribution in [3.05, 3.63) is 47.6 Å². The summed E-state index contributed by atoms with van der Waals surface area (Å²) in [4.78, 5) is 16.4. The predicted octanol–water partition coefficient (Wildman–Crippen LogP) is 3.88. The Balaban J connectivity index is 1.73. The Kier molecular flexibility index (Phi) is 4.15. The van der Waals surface area contributed by atoms with Crippen LogP contribution in [-0.4, -0.2) is 20.4 Å². The standard InChI is InChI=1S/C16H15FN4O2S/c1-16(2,3)12-8-11(20-23-12)14(22)19-15-18-13(21-24-15)9-4-6-10(17)7-5-9/h4-8H,1-3H3,(H,18,19,21,22). The zero-order valence-electron chi connectivity index (χ0n) is 13.3. The zero-order chi connectivity index (χ0) is 17.3. The van der Waals surface area contributed by atoms with Crippen molar-refractivity contribution in [2.24, 2.45) is 0 Å². The van der Waals surface area contributed by atoms with Crippen molar-refractivity contribution in [1.82, 2.24) is 14.5 Å². The maximum atomic E-state index is 12.9. The van der Waals surface area contributed by atoms with Gasteiger partial charge in [-0.3, -0.25) is 10.1 Å². The number of amides is 1. The van der Waals surface area contributed by atoms with E-state index in [1.807, 2.05) is 20.8 Å². The molecule has 2 heterocycles. The second kappa shape index (κ2) is 6.12. The molecule has 0 unspecified atom stereocenters. The molecule has 8 heteroatoms. The molecule has 0 aliphatic carbocycles. The maximum absolute atomic E-state index is 12.9. The number of halogens is 1. The Hall–Kier alpha value is -2.61. The Labute approximate surface area is 141 Å². The molecule has 0 saturated carbocycles. The number of aromatic nitrogens is 3. The molecular formula is C16H15FN4O2S. The summed E-state index contributed by atoms with van der Waals surface area (Å²) in [6.45, 7) is 5.90. The topological polar surface area (TPSA) is 80.9 Å². The molecule has 0 fully saturated rings. The van der Waals surface area contributed by atoms with Gasteiger partial charge in [0.25, 0.3) is 5.91 Å². The molecule has 0 bridgehead atoms. The van der Waals surface area contributed by atoms with Crippen LogP contribution in [0, 0.1) is 5.82 Å². The smallest absolute Gasteiger partial charge is 0.279 e. The van der Waals surface area contributed by atoms with Gasteiger partial charge < -0.3 is 4.52 Å². The van der Waals surface area contributed by atoms with Crippen molar-refractivity contribution in [3.63, 3.8) is 0 Å². The first-order chi connectivity index (χ1) is 11.3. The molecule has 0 aliphatic rings. The molecule has 24 heavy (non-hydrogen) atoms. The number of anilines is 1. The summed E-state index contributed by atoms with van der Waals surface area (Å²) in [6, 6.07) is 7.43. The van der Waals surface area contributed by atoms with Crippen LogP contribution in [0.15, 0.2) is 34.9 Å². The largest absolute Gasteiger partial charge is 0.360 e. The van der Waals surface area contributed by atoms with Crippen molar-refractivity contribution in [2.45, 2.75) is 26.2 Å². The van der Waals surface area contributed by atoms with Gasteiger partial charge in [-0.25, -0.2) is 4.39 Å². The Bertz CT molecular complexity index is 865. The quantitative estimate of drug-likeness (QED) is 0.778. The molecule has 0 aliphatic heterocycles. The van der Waals surface area contributed by atoms with Gasteiger partial charge in [0, 0.05) is 28.6 Å². The summed E-state index contributed by atoms with van der Waals surface area (Å²) in [7, 11) is 0. The van der Waals surface area contributed by atoms with E-state index in [1.165, 1.54) is 12.1 Å². The summed E-state index contributed by atoms with van der Waals surface area (Å²) in [5.74, 6) is 0.294. The van der Waals surface area contributed by atoms with Gasteiger partial charge in [0.05, 0.1) is 0 Å². The minimum Gasteiger partial charge on any atom is -0.360 e. The third kappa shape index (κ3) is 3.48. The minimum atomic E-state index is -0.420. The molecule has 0 radical (unpaired) electrons. The normalized spacial score (nSPS) is 11.5. The van der Waals surface area contributed by atoms with E-state index in [0.717, 1.165) is 11.5 Å². The summed E-state index contributed by atoms with van der Waals surface area (Å²) in [5.41, 5.74) is 0.618. The van der Waals surface area contributed by atoms with Crippen molar-refractivity contribution in [3.8, 4) is 11.4 Å². The lowest BCUT2D eigenvalue weighted by Gasteiger charge is -2.11. The number of rotatable bonds is 3. The van der Waals surface area contributed by atoms with Crippen molar-refractivity contribution < 1.29 is 13.7 Å². The van der Waals surface area contributed by atoms with Crippen LogP contribution < -0.4 is 5.32 Å². The zero-order valence-corrected chi connectivity index (χ0v) is 14.1. The maximum Gasteiger partial charge on any atom is 0.279 e. The van der Waals surface area contributed by atoms with Gasteiger partial charge in [0.15, 0.2) is 11.5 Å². The third-order valence-corrected chi connectivity index (χ3v) is 3.86. The van der Waals surface area contributed by atoms with Crippen LogP contribution in [0.3, 0.4) is 0 Å². The molecule has 3 rings (SSSR count). The fourth-order valence-electron chi connectivity index (χ4n) is 1.89. The second-order valence-corrected chi connectivity index (χ2v) is 6.96. The van der Waals surface area contributed by atoms with E-state index in [9.17, 15) is 9.18 Å². The highest BCUT2D eigenvalue weighted by atomic mass is 32.1. The van der Waals surface area contributed by atoms with E-state index in [-0.39, 0.29) is 16.9 Å². The number of carbonyl (C=O) groups excluding carboxylic acids is 1. The Morgan fingerprint density at radius 1 is 1.25 bits per heavy atom. The number of hydrogen-bond acceptors (Lipinski definition) is 6. The van der Waals surface area contributed by atoms with E-state index in [4.69, 9.17) is 4.52 Å². The lowest BCUT2D eigenvalue weighted by Crippen LogP contribution is -2.12. The summed E-state index contributed by atoms with van der Waals surface area (Å²) < 4.78 is 22.3. The molecular weight excluding hydrogens is 331 g/mol. The highest BCUT2D eigenvalue weighted by Gasteiger charge is 2.22. The molecule has 124 valence electrons. The van der Waals surface area contributed by atoms with Crippen LogP contribution in [0.5, 0.6) is 0 Å². The lowest BCUT2D eigenvalue weighted by molar-refractivity contribution is 0.101. The highest BCUT2D eigenvalue weighted by Crippen LogP contribution is 2.24. The van der Waals surface area contributed by atoms with Crippen LogP contribution in [0.4, 0.5) is 9.52 Å². The number of nitrogens with zero attached hydrogens (tertiary/aromatic N) is 3. The van der Waals surface area contributed by atoms with Crippen LogP contribution in [0.25, 0.3) is 11.4 Å². The van der Waals surface area contributed by atoms with Crippen molar-refractivity contribution in [1.29, 1.82) is 0 Å². The van der Waals surface area contributed by atoms with Gasteiger partial charge in [-0.15, -0.1) is 0 Å². The molecule has 2 aromatic heterocycles. The van der Waals surface area contributed by atoms with Crippen LogP contribution in [0.1, 0.15) is 37.0 Å². The summed E-state index contributed by atoms with van der Waals surface area (Å²) in [5, 5.41) is 6.75. The number of carbonyl (C=O) groups is 1. The summed E-state index contributed by atoms with van der Waals surface area (Å²) >= 11 is 1.04.